The van der Waals surface area contributed by atoms with Gasteiger partial charge in [0, 0.05) is 29.4 Å². The van der Waals surface area contributed by atoms with Crippen LogP contribution < -0.4 is 10.6 Å². The Morgan fingerprint density at radius 3 is 2.10 bits per heavy atom. The topological polar surface area (TPSA) is 128 Å². The molecule has 158 valence electrons. The predicted molar refractivity (Wildman–Crippen MR) is 111 cm³/mol. The van der Waals surface area contributed by atoms with Crippen molar-refractivity contribution in [2.24, 2.45) is 0 Å². The van der Waals surface area contributed by atoms with Crippen molar-refractivity contribution in [1.82, 2.24) is 0 Å². The highest BCUT2D eigenvalue weighted by atomic mass is 16.6. The number of nitro benzene ring substituents is 1. The Kier molecular flexibility index (Phi) is 7.62. The molecule has 0 saturated carbocycles. The van der Waals surface area contributed by atoms with Crippen molar-refractivity contribution in [3.63, 3.8) is 0 Å². The minimum absolute atomic E-state index is 0.0858. The molecule has 0 aliphatic heterocycles. The number of nitrogens with one attached hydrogen (secondary N) is 2. The number of hydrogen-bond donors (Lipinski definition) is 2. The minimum atomic E-state index is -0.699. The number of hydrogen-bond acceptors (Lipinski definition) is 6. The first kappa shape index (κ1) is 22.5. The predicted octanol–water partition coefficient (Wildman–Crippen LogP) is 3.42. The van der Waals surface area contributed by atoms with Crippen LogP contribution in [0.2, 0.25) is 0 Å². The third kappa shape index (κ3) is 6.69. The van der Waals surface area contributed by atoms with Crippen LogP contribution in [-0.2, 0) is 19.1 Å². The van der Waals surface area contributed by atoms with E-state index >= 15 is 0 Å². The number of carbonyl (C=O) groups excluding carboxylic acids is 3. The van der Waals surface area contributed by atoms with Crippen LogP contribution in [0.3, 0.4) is 0 Å². The van der Waals surface area contributed by atoms with Crippen LogP contribution in [0, 0.1) is 30.9 Å². The quantitative estimate of drug-likeness (QED) is 0.388. The van der Waals surface area contributed by atoms with Gasteiger partial charge in [-0.3, -0.25) is 24.5 Å². The zero-order chi connectivity index (χ0) is 22.3. The molecule has 2 amide bonds. The van der Waals surface area contributed by atoms with E-state index in [1.165, 1.54) is 18.2 Å². The molecule has 0 radical (unpaired) electrons. The molecule has 0 aromatic heterocycles. The second-order valence-electron chi connectivity index (χ2n) is 6.81. The van der Waals surface area contributed by atoms with Crippen LogP contribution in [0.15, 0.2) is 36.4 Å². The highest BCUT2D eigenvalue weighted by molar-refractivity contribution is 5.94. The molecular weight excluding hydrogens is 390 g/mol. The molecule has 0 bridgehead atoms. The summed E-state index contributed by atoms with van der Waals surface area (Å²) in [4.78, 5) is 46.0. The molecule has 0 atom stereocenters. The van der Waals surface area contributed by atoms with E-state index in [2.05, 4.69) is 10.6 Å². The van der Waals surface area contributed by atoms with Crippen LogP contribution in [0.25, 0.3) is 0 Å². The first-order valence-corrected chi connectivity index (χ1v) is 9.23. The molecule has 0 heterocycles. The van der Waals surface area contributed by atoms with Crippen molar-refractivity contribution in [3.05, 3.63) is 63.2 Å². The zero-order valence-corrected chi connectivity index (χ0v) is 17.0. The van der Waals surface area contributed by atoms with Gasteiger partial charge < -0.3 is 15.4 Å². The van der Waals surface area contributed by atoms with Gasteiger partial charge in [-0.1, -0.05) is 12.1 Å². The second-order valence-corrected chi connectivity index (χ2v) is 6.81. The molecule has 2 aromatic carbocycles. The summed E-state index contributed by atoms with van der Waals surface area (Å²) < 4.78 is 4.85. The third-order valence-electron chi connectivity index (χ3n) is 4.40. The van der Waals surface area contributed by atoms with E-state index in [9.17, 15) is 24.5 Å². The maximum Gasteiger partial charge on any atom is 0.306 e. The first-order chi connectivity index (χ1) is 14.2. The number of ether oxygens (including phenoxy) is 1. The van der Waals surface area contributed by atoms with Crippen molar-refractivity contribution < 1.29 is 24.0 Å². The summed E-state index contributed by atoms with van der Waals surface area (Å²) in [5.74, 6) is -1.68. The van der Waals surface area contributed by atoms with Crippen LogP contribution in [0.1, 0.15) is 29.5 Å². The number of amides is 2. The summed E-state index contributed by atoms with van der Waals surface area (Å²) in [6, 6.07) is 9.75. The number of esters is 1. The van der Waals surface area contributed by atoms with Gasteiger partial charge in [0.1, 0.15) is 0 Å². The monoisotopic (exact) mass is 413 g/mol. The molecule has 2 N–H and O–H groups in total. The van der Waals surface area contributed by atoms with Gasteiger partial charge in [-0.2, -0.15) is 0 Å². The van der Waals surface area contributed by atoms with E-state index in [0.29, 0.717) is 11.3 Å². The van der Waals surface area contributed by atoms with E-state index in [0.717, 1.165) is 11.1 Å². The maximum atomic E-state index is 12.0. The highest BCUT2D eigenvalue weighted by Crippen LogP contribution is 2.22. The van der Waals surface area contributed by atoms with Crippen LogP contribution in [0.4, 0.5) is 17.1 Å². The molecule has 0 unspecified atom stereocenters. The van der Waals surface area contributed by atoms with Gasteiger partial charge in [-0.05, 0) is 50.1 Å². The van der Waals surface area contributed by atoms with Gasteiger partial charge >= 0.3 is 5.97 Å². The Bertz CT molecular complexity index is 987. The standard InChI is InChI=1S/C21H23N3O6/c1-13-4-6-16(10-15(13)3)22-19(25)8-9-21(27)30-12-20(26)23-17-7-5-14(2)18(11-17)24(28)29/h4-7,10-11H,8-9,12H2,1-3H3,(H,22,25)(H,23,26). The van der Waals surface area contributed by atoms with Crippen molar-refractivity contribution in [1.29, 1.82) is 0 Å². The lowest BCUT2D eigenvalue weighted by Crippen LogP contribution is -2.22. The summed E-state index contributed by atoms with van der Waals surface area (Å²) in [7, 11) is 0. The van der Waals surface area contributed by atoms with Gasteiger partial charge in [-0.25, -0.2) is 0 Å². The lowest BCUT2D eigenvalue weighted by Gasteiger charge is -2.08. The van der Waals surface area contributed by atoms with Gasteiger partial charge in [0.25, 0.3) is 11.6 Å². The smallest absolute Gasteiger partial charge is 0.306 e. The molecular formula is C21H23N3O6. The van der Waals surface area contributed by atoms with E-state index in [-0.39, 0.29) is 30.1 Å². The second kappa shape index (κ2) is 10.1. The number of benzene rings is 2. The van der Waals surface area contributed by atoms with Crippen molar-refractivity contribution >= 4 is 34.8 Å². The fourth-order valence-corrected chi connectivity index (χ4v) is 2.56. The Morgan fingerprint density at radius 1 is 0.867 bits per heavy atom. The van der Waals surface area contributed by atoms with Gasteiger partial charge in [0.05, 0.1) is 11.3 Å². The number of nitrogens with zero attached hydrogens (tertiary/aromatic N) is 1. The Labute approximate surface area is 173 Å². The summed E-state index contributed by atoms with van der Waals surface area (Å²) in [5, 5.41) is 16.1. The number of carbonyl (C=O) groups is 3. The molecule has 30 heavy (non-hydrogen) atoms. The summed E-state index contributed by atoms with van der Waals surface area (Å²) in [6.45, 7) is 4.93. The van der Waals surface area contributed by atoms with Crippen molar-refractivity contribution in [2.75, 3.05) is 17.2 Å². The number of aryl methyl sites for hydroxylation is 3. The largest absolute Gasteiger partial charge is 0.456 e. The normalized spacial score (nSPS) is 10.2. The lowest BCUT2D eigenvalue weighted by atomic mass is 10.1. The van der Waals surface area contributed by atoms with Crippen molar-refractivity contribution in [2.45, 2.75) is 33.6 Å². The summed E-state index contributed by atoms with van der Waals surface area (Å²) in [6.07, 6.45) is -0.266. The Morgan fingerprint density at radius 2 is 1.47 bits per heavy atom. The number of rotatable bonds is 8. The van der Waals surface area contributed by atoms with Crippen molar-refractivity contribution in [3.8, 4) is 0 Å². The van der Waals surface area contributed by atoms with E-state index < -0.39 is 23.4 Å². The zero-order valence-electron chi connectivity index (χ0n) is 17.0. The van der Waals surface area contributed by atoms with Gasteiger partial charge in [-0.15, -0.1) is 0 Å². The average Bonchev–Trinajstić information content (AvgIpc) is 2.69. The molecule has 0 aliphatic carbocycles. The fraction of sp³-hybridized carbons (Fsp3) is 0.286. The molecule has 0 fully saturated rings. The fourth-order valence-electron chi connectivity index (χ4n) is 2.56. The Hall–Kier alpha value is -3.75. The molecule has 2 aromatic rings. The SMILES string of the molecule is Cc1ccc(NC(=O)CCC(=O)OCC(=O)Nc2ccc(C)c([N+](=O)[O-])c2)cc1C. The van der Waals surface area contributed by atoms with E-state index in [1.807, 2.05) is 26.0 Å². The average molecular weight is 413 g/mol. The summed E-state index contributed by atoms with van der Waals surface area (Å²) in [5.41, 5.74) is 3.35. The van der Waals surface area contributed by atoms with Gasteiger partial charge in [0.15, 0.2) is 6.61 Å². The molecule has 0 spiro atoms. The molecule has 2 rings (SSSR count). The molecule has 0 aliphatic rings. The maximum absolute atomic E-state index is 12.0. The molecule has 9 heteroatoms. The van der Waals surface area contributed by atoms with Crippen LogP contribution in [0.5, 0.6) is 0 Å². The van der Waals surface area contributed by atoms with Gasteiger partial charge in [0.2, 0.25) is 5.91 Å². The lowest BCUT2D eigenvalue weighted by molar-refractivity contribution is -0.385. The third-order valence-corrected chi connectivity index (χ3v) is 4.40. The number of anilines is 2. The van der Waals surface area contributed by atoms with Crippen LogP contribution in [-0.4, -0.2) is 29.3 Å². The molecule has 9 nitrogen and oxygen atoms in total. The Balaban J connectivity index is 1.75. The molecule has 0 saturated heterocycles. The first-order valence-electron chi connectivity index (χ1n) is 9.23. The van der Waals surface area contributed by atoms with E-state index in [4.69, 9.17) is 4.74 Å². The minimum Gasteiger partial charge on any atom is -0.456 e. The summed E-state index contributed by atoms with van der Waals surface area (Å²) >= 11 is 0. The highest BCUT2D eigenvalue weighted by Gasteiger charge is 2.14. The number of nitro groups is 1. The van der Waals surface area contributed by atoms with E-state index in [1.54, 1.807) is 13.0 Å². The van der Waals surface area contributed by atoms with Crippen LogP contribution >= 0.6 is 0 Å².